The molecule has 176 valence electrons. The van der Waals surface area contributed by atoms with Crippen molar-refractivity contribution < 1.29 is 0 Å². The molecule has 1 N–H and O–H groups in total. The number of rotatable bonds is 5. The average Bonchev–Trinajstić information content (AvgIpc) is 2.78. The Bertz CT molecular complexity index is 1080. The second-order valence-corrected chi connectivity index (χ2v) is 10.8. The summed E-state index contributed by atoms with van der Waals surface area (Å²) in [4.78, 5) is 9.62. The molecule has 2 aliphatic rings. The zero-order valence-electron chi connectivity index (χ0n) is 21.3. The van der Waals surface area contributed by atoms with Crippen LogP contribution in [0.2, 0.25) is 0 Å². The van der Waals surface area contributed by atoms with Gasteiger partial charge in [0.2, 0.25) is 0 Å². The van der Waals surface area contributed by atoms with E-state index in [9.17, 15) is 0 Å². The molecule has 0 unspecified atom stereocenters. The fourth-order valence-electron chi connectivity index (χ4n) is 5.12. The molecule has 0 bridgehead atoms. The number of hydrogen-bond acceptors (Lipinski definition) is 4. The number of hydrogen-bond donors (Lipinski definition) is 1. The van der Waals surface area contributed by atoms with Crippen LogP contribution in [0.15, 0.2) is 60.1 Å². The summed E-state index contributed by atoms with van der Waals surface area (Å²) in [6, 6.07) is 8.89. The molecule has 0 aliphatic carbocycles. The Kier molecular flexibility index (Phi) is 6.94. The molecular formula is C29H40N4. The van der Waals surface area contributed by atoms with Crippen molar-refractivity contribution in [3.63, 3.8) is 0 Å². The number of nitrogens with one attached hydrogen (secondary N) is 1. The highest BCUT2D eigenvalue weighted by atomic mass is 15.1. The van der Waals surface area contributed by atoms with Gasteiger partial charge < -0.3 is 15.1 Å². The number of piperidine rings is 1. The van der Waals surface area contributed by atoms with Gasteiger partial charge in [-0.25, -0.2) is 4.98 Å². The average molecular weight is 445 g/mol. The Hall–Kier alpha value is -2.59. The highest BCUT2D eigenvalue weighted by Crippen LogP contribution is 2.31. The van der Waals surface area contributed by atoms with E-state index in [4.69, 9.17) is 4.98 Å². The molecule has 4 rings (SSSR count). The maximum atomic E-state index is 4.73. The Morgan fingerprint density at radius 2 is 1.88 bits per heavy atom. The molecule has 1 aromatic carbocycles. The van der Waals surface area contributed by atoms with Crippen molar-refractivity contribution in [2.45, 2.75) is 53.9 Å². The van der Waals surface area contributed by atoms with E-state index in [0.29, 0.717) is 11.3 Å². The van der Waals surface area contributed by atoms with Crippen LogP contribution in [0.4, 0.5) is 5.82 Å². The van der Waals surface area contributed by atoms with E-state index in [0.717, 1.165) is 12.2 Å². The summed E-state index contributed by atoms with van der Waals surface area (Å²) in [5.41, 5.74) is 5.51. The maximum absolute atomic E-state index is 4.73. The van der Waals surface area contributed by atoms with Crippen molar-refractivity contribution >= 4 is 22.3 Å². The van der Waals surface area contributed by atoms with Crippen LogP contribution in [0.25, 0.3) is 16.5 Å². The van der Waals surface area contributed by atoms with Crippen molar-refractivity contribution in [3.8, 4) is 0 Å². The van der Waals surface area contributed by atoms with Gasteiger partial charge in [0.25, 0.3) is 0 Å². The molecule has 0 radical (unpaired) electrons. The summed E-state index contributed by atoms with van der Waals surface area (Å²) in [7, 11) is 2.14. The number of allylic oxidation sites excluding steroid dienone is 5. The molecule has 0 atom stereocenters. The lowest BCUT2D eigenvalue weighted by molar-refractivity contribution is 0.146. The predicted molar refractivity (Wildman–Crippen MR) is 142 cm³/mol. The van der Waals surface area contributed by atoms with Gasteiger partial charge in [-0.15, -0.1) is 0 Å². The van der Waals surface area contributed by atoms with E-state index in [2.05, 4.69) is 99.3 Å². The lowest BCUT2D eigenvalue weighted by Crippen LogP contribution is -2.39. The highest BCUT2D eigenvalue weighted by molar-refractivity contribution is 5.87. The monoisotopic (exact) mass is 444 g/mol. The van der Waals surface area contributed by atoms with Gasteiger partial charge in [-0.1, -0.05) is 51.1 Å². The van der Waals surface area contributed by atoms with Gasteiger partial charge in [-0.2, -0.15) is 0 Å². The first kappa shape index (κ1) is 23.6. The van der Waals surface area contributed by atoms with E-state index >= 15 is 0 Å². The summed E-state index contributed by atoms with van der Waals surface area (Å²) in [5.74, 6) is 1.51. The zero-order chi connectivity index (χ0) is 23.6. The number of anilines is 1. The molecule has 4 nitrogen and oxygen atoms in total. The Balaban J connectivity index is 1.47. The third kappa shape index (κ3) is 5.67. The van der Waals surface area contributed by atoms with E-state index in [1.165, 1.54) is 65.9 Å². The van der Waals surface area contributed by atoms with Crippen molar-refractivity contribution in [2.75, 3.05) is 32.0 Å². The minimum atomic E-state index is 0.361. The molecule has 0 spiro atoms. The first-order valence-corrected chi connectivity index (χ1v) is 12.4. The van der Waals surface area contributed by atoms with Crippen molar-refractivity contribution in [1.29, 1.82) is 0 Å². The van der Waals surface area contributed by atoms with Crippen LogP contribution < -0.4 is 5.32 Å². The minimum absolute atomic E-state index is 0.361. The molecule has 33 heavy (non-hydrogen) atoms. The first-order chi connectivity index (χ1) is 15.7. The van der Waals surface area contributed by atoms with E-state index in [1.807, 2.05) is 6.20 Å². The second kappa shape index (κ2) is 9.72. The SMILES string of the molecule is C/C=C(\Nc1cc2cc(C3=CCC=C(C)N3C)ccc2cn1)C1CCN(CC(C)(C)C)CC1. The summed E-state index contributed by atoms with van der Waals surface area (Å²) in [6.45, 7) is 14.8. The number of fused-ring (bicyclic) bond motifs is 1. The fourth-order valence-corrected chi connectivity index (χ4v) is 5.12. The van der Waals surface area contributed by atoms with E-state index < -0.39 is 0 Å². The standard InChI is InChI=1S/C29H40N4/c1-7-26(22-13-15-33(16-14-22)20-29(3,4)5)31-28-18-25-17-23(11-12-24(25)19-30-28)27-10-8-9-21(2)32(27)6/h7,9-12,17-19,22H,8,13-16,20H2,1-6H3,(H,30,31)/b26-7-. The van der Waals surface area contributed by atoms with Crippen LogP contribution in [0, 0.1) is 11.3 Å². The summed E-state index contributed by atoms with van der Waals surface area (Å²) in [6.07, 6.45) is 12.2. The van der Waals surface area contributed by atoms with Gasteiger partial charge in [0.15, 0.2) is 0 Å². The summed E-state index contributed by atoms with van der Waals surface area (Å²) < 4.78 is 0. The van der Waals surface area contributed by atoms with E-state index in [1.54, 1.807) is 0 Å². The van der Waals surface area contributed by atoms with Gasteiger partial charge in [-0.05, 0) is 74.7 Å². The van der Waals surface area contributed by atoms with Crippen LogP contribution in [-0.4, -0.2) is 41.5 Å². The fraction of sp³-hybridized carbons (Fsp3) is 0.483. The largest absolute Gasteiger partial charge is 0.349 e. The Morgan fingerprint density at radius 1 is 1.12 bits per heavy atom. The number of pyridine rings is 1. The highest BCUT2D eigenvalue weighted by Gasteiger charge is 2.25. The normalized spacial score (nSPS) is 19.0. The van der Waals surface area contributed by atoms with Gasteiger partial charge >= 0.3 is 0 Å². The zero-order valence-corrected chi connectivity index (χ0v) is 21.3. The van der Waals surface area contributed by atoms with Crippen molar-refractivity contribution in [2.24, 2.45) is 11.3 Å². The second-order valence-electron chi connectivity index (χ2n) is 10.8. The van der Waals surface area contributed by atoms with Crippen molar-refractivity contribution in [3.05, 3.63) is 65.6 Å². The molecule has 2 aromatic rings. The maximum Gasteiger partial charge on any atom is 0.130 e. The number of aromatic nitrogens is 1. The summed E-state index contributed by atoms with van der Waals surface area (Å²) >= 11 is 0. The van der Waals surface area contributed by atoms with Gasteiger partial charge in [-0.3, -0.25) is 0 Å². The summed E-state index contributed by atoms with van der Waals surface area (Å²) in [5, 5.41) is 6.06. The first-order valence-electron chi connectivity index (χ1n) is 12.4. The van der Waals surface area contributed by atoms with Gasteiger partial charge in [0.05, 0.1) is 0 Å². The van der Waals surface area contributed by atoms with Crippen LogP contribution >= 0.6 is 0 Å². The Morgan fingerprint density at radius 3 is 2.58 bits per heavy atom. The molecular weight excluding hydrogens is 404 g/mol. The van der Waals surface area contributed by atoms with Crippen LogP contribution in [0.3, 0.4) is 0 Å². The number of nitrogens with zero attached hydrogens (tertiary/aromatic N) is 3. The molecule has 3 heterocycles. The smallest absolute Gasteiger partial charge is 0.130 e. The molecule has 0 saturated carbocycles. The molecule has 4 heteroatoms. The Labute approximate surface area is 200 Å². The number of benzene rings is 1. The van der Waals surface area contributed by atoms with Crippen LogP contribution in [0.1, 0.15) is 59.4 Å². The molecule has 1 fully saturated rings. The lowest BCUT2D eigenvalue weighted by atomic mass is 9.90. The molecule has 1 saturated heterocycles. The number of likely N-dealkylation sites (tertiary alicyclic amines) is 1. The van der Waals surface area contributed by atoms with Crippen LogP contribution in [0.5, 0.6) is 0 Å². The molecule has 1 aromatic heterocycles. The van der Waals surface area contributed by atoms with Gasteiger partial charge in [0, 0.05) is 48.2 Å². The topological polar surface area (TPSA) is 31.4 Å². The minimum Gasteiger partial charge on any atom is -0.349 e. The lowest BCUT2D eigenvalue weighted by Gasteiger charge is -2.36. The quantitative estimate of drug-likeness (QED) is 0.544. The van der Waals surface area contributed by atoms with E-state index in [-0.39, 0.29) is 0 Å². The molecule has 0 amide bonds. The van der Waals surface area contributed by atoms with Crippen molar-refractivity contribution in [1.82, 2.24) is 14.8 Å². The predicted octanol–water partition coefficient (Wildman–Crippen LogP) is 6.89. The third-order valence-corrected chi connectivity index (χ3v) is 6.94. The van der Waals surface area contributed by atoms with Gasteiger partial charge in [0.1, 0.15) is 5.82 Å². The van der Waals surface area contributed by atoms with Crippen LogP contribution in [-0.2, 0) is 0 Å². The third-order valence-electron chi connectivity index (χ3n) is 6.94. The molecule has 2 aliphatic heterocycles.